The smallest absolute Gasteiger partial charge is 0.348 e. The predicted octanol–water partition coefficient (Wildman–Crippen LogP) is 3.85. The van der Waals surface area contributed by atoms with Crippen LogP contribution in [0.4, 0.5) is 0 Å². The van der Waals surface area contributed by atoms with Crippen molar-refractivity contribution in [2.75, 3.05) is 20.3 Å². The zero-order chi connectivity index (χ0) is 13.7. The van der Waals surface area contributed by atoms with Gasteiger partial charge in [0.05, 0.1) is 7.11 Å². The first-order chi connectivity index (χ1) is 9.26. The predicted molar refractivity (Wildman–Crippen MR) is 76.9 cm³/mol. The van der Waals surface area contributed by atoms with Crippen molar-refractivity contribution in [2.24, 2.45) is 5.92 Å². The van der Waals surface area contributed by atoms with Crippen molar-refractivity contribution >= 4 is 17.3 Å². The van der Waals surface area contributed by atoms with Gasteiger partial charge >= 0.3 is 5.97 Å². The van der Waals surface area contributed by atoms with E-state index in [2.05, 4.69) is 13.0 Å². The summed E-state index contributed by atoms with van der Waals surface area (Å²) in [7, 11) is 1.43. The van der Waals surface area contributed by atoms with Crippen molar-refractivity contribution in [1.82, 2.24) is 0 Å². The van der Waals surface area contributed by atoms with Crippen LogP contribution < -0.4 is 0 Å². The molecule has 3 nitrogen and oxygen atoms in total. The van der Waals surface area contributed by atoms with E-state index in [9.17, 15) is 4.79 Å². The normalized spacial score (nSPS) is 18.2. The maximum Gasteiger partial charge on any atom is 0.348 e. The Bertz CT molecular complexity index is 407. The second-order valence-corrected chi connectivity index (χ2v) is 6.15. The van der Waals surface area contributed by atoms with Crippen LogP contribution in [0, 0.1) is 5.92 Å². The summed E-state index contributed by atoms with van der Waals surface area (Å²) in [5, 5.41) is 0. The third-order valence-electron chi connectivity index (χ3n) is 3.81. The lowest BCUT2D eigenvalue weighted by molar-refractivity contribution is 0.0570. The number of thiophene rings is 1. The fraction of sp³-hybridized carbons (Fsp3) is 0.667. The van der Waals surface area contributed by atoms with E-state index in [0.29, 0.717) is 16.7 Å². The number of rotatable bonds is 5. The molecule has 0 N–H and O–H groups in total. The number of methoxy groups -OCH3 is 1. The summed E-state index contributed by atoms with van der Waals surface area (Å²) >= 11 is 1.59. The van der Waals surface area contributed by atoms with Crippen LogP contribution in [0.5, 0.6) is 0 Å². The van der Waals surface area contributed by atoms with E-state index in [-0.39, 0.29) is 5.97 Å². The zero-order valence-corrected chi connectivity index (χ0v) is 12.5. The monoisotopic (exact) mass is 282 g/mol. The van der Waals surface area contributed by atoms with Gasteiger partial charge in [-0.25, -0.2) is 4.79 Å². The molecule has 0 amide bonds. The number of esters is 1. The fourth-order valence-corrected chi connectivity index (χ4v) is 3.96. The maximum atomic E-state index is 11.6. The molecule has 1 aromatic rings. The largest absolute Gasteiger partial charge is 0.465 e. The average molecular weight is 282 g/mol. The zero-order valence-electron chi connectivity index (χ0n) is 11.7. The molecule has 0 bridgehead atoms. The lowest BCUT2D eigenvalue weighted by atomic mass is 9.82. The second-order valence-electron chi connectivity index (χ2n) is 5.04. The third-order valence-corrected chi connectivity index (χ3v) is 5.01. The van der Waals surface area contributed by atoms with Crippen LogP contribution in [0.1, 0.15) is 53.1 Å². The van der Waals surface area contributed by atoms with Gasteiger partial charge in [-0.2, -0.15) is 0 Å². The highest BCUT2D eigenvalue weighted by molar-refractivity contribution is 7.14. The Kier molecular flexibility index (Phi) is 5.40. The van der Waals surface area contributed by atoms with Crippen LogP contribution in [0.2, 0.25) is 0 Å². The molecular weight excluding hydrogens is 260 g/mol. The van der Waals surface area contributed by atoms with Gasteiger partial charge in [0.15, 0.2) is 0 Å². The standard InChI is InChI=1S/C15H22O3S/c1-3-4-12(11-7-9-18-10-8-11)13-5-6-14(19-13)15(16)17-2/h5-6,11-12H,3-4,7-10H2,1-2H3. The summed E-state index contributed by atoms with van der Waals surface area (Å²) < 4.78 is 10.2. The minimum atomic E-state index is -0.224. The molecule has 0 spiro atoms. The van der Waals surface area contributed by atoms with Crippen LogP contribution in [-0.4, -0.2) is 26.3 Å². The molecule has 1 unspecified atom stereocenters. The summed E-state index contributed by atoms with van der Waals surface area (Å²) in [6.07, 6.45) is 4.63. The highest BCUT2D eigenvalue weighted by Crippen LogP contribution is 2.38. The van der Waals surface area contributed by atoms with Gasteiger partial charge in [-0.3, -0.25) is 0 Å². The van der Waals surface area contributed by atoms with E-state index in [1.54, 1.807) is 11.3 Å². The molecule has 1 saturated heterocycles. The van der Waals surface area contributed by atoms with Gasteiger partial charge in [-0.05, 0) is 43.2 Å². The second kappa shape index (κ2) is 7.06. The van der Waals surface area contributed by atoms with Crippen molar-refractivity contribution in [2.45, 2.75) is 38.5 Å². The van der Waals surface area contributed by atoms with Crippen LogP contribution in [0.15, 0.2) is 12.1 Å². The first kappa shape index (κ1) is 14.5. The number of carbonyl (C=O) groups is 1. The topological polar surface area (TPSA) is 35.5 Å². The highest BCUT2D eigenvalue weighted by Gasteiger charge is 2.26. The number of hydrogen-bond acceptors (Lipinski definition) is 4. The molecule has 0 radical (unpaired) electrons. The Hall–Kier alpha value is -0.870. The molecule has 19 heavy (non-hydrogen) atoms. The SMILES string of the molecule is CCCC(c1ccc(C(=O)OC)s1)C1CCOCC1. The summed E-state index contributed by atoms with van der Waals surface area (Å²) in [6.45, 7) is 3.97. The van der Waals surface area contributed by atoms with E-state index < -0.39 is 0 Å². The quantitative estimate of drug-likeness (QED) is 0.770. The Morgan fingerprint density at radius 1 is 1.47 bits per heavy atom. The summed E-state index contributed by atoms with van der Waals surface area (Å²) in [6, 6.07) is 4.00. The highest BCUT2D eigenvalue weighted by atomic mass is 32.1. The van der Waals surface area contributed by atoms with E-state index in [4.69, 9.17) is 9.47 Å². The van der Waals surface area contributed by atoms with Gasteiger partial charge in [0.1, 0.15) is 4.88 Å². The lowest BCUT2D eigenvalue weighted by Crippen LogP contribution is -2.21. The van der Waals surface area contributed by atoms with Crippen LogP contribution in [-0.2, 0) is 9.47 Å². The van der Waals surface area contributed by atoms with Crippen molar-refractivity contribution in [3.05, 3.63) is 21.9 Å². The molecule has 1 fully saturated rings. The van der Waals surface area contributed by atoms with Gasteiger partial charge in [-0.1, -0.05) is 13.3 Å². The van der Waals surface area contributed by atoms with E-state index >= 15 is 0 Å². The van der Waals surface area contributed by atoms with Gasteiger partial charge in [0.25, 0.3) is 0 Å². The molecule has 1 atom stereocenters. The maximum absolute atomic E-state index is 11.6. The van der Waals surface area contributed by atoms with Gasteiger partial charge < -0.3 is 9.47 Å². The van der Waals surface area contributed by atoms with Crippen LogP contribution >= 0.6 is 11.3 Å². The number of carbonyl (C=O) groups excluding carboxylic acids is 1. The Labute approximate surface area is 118 Å². The molecule has 2 heterocycles. The van der Waals surface area contributed by atoms with E-state index in [0.717, 1.165) is 26.1 Å². The average Bonchev–Trinajstić information content (AvgIpc) is 2.94. The molecule has 0 saturated carbocycles. The summed E-state index contributed by atoms with van der Waals surface area (Å²) in [4.78, 5) is 13.6. The molecule has 0 aromatic carbocycles. The van der Waals surface area contributed by atoms with Crippen LogP contribution in [0.25, 0.3) is 0 Å². The molecule has 2 rings (SSSR count). The third kappa shape index (κ3) is 3.57. The van der Waals surface area contributed by atoms with Crippen molar-refractivity contribution in [3.63, 3.8) is 0 Å². The molecule has 1 aromatic heterocycles. The van der Waals surface area contributed by atoms with Crippen molar-refractivity contribution < 1.29 is 14.3 Å². The molecule has 4 heteroatoms. The first-order valence-electron chi connectivity index (χ1n) is 7.02. The minimum Gasteiger partial charge on any atom is -0.465 e. The van der Waals surface area contributed by atoms with Crippen LogP contribution in [0.3, 0.4) is 0 Å². The van der Waals surface area contributed by atoms with E-state index in [1.165, 1.54) is 24.8 Å². The first-order valence-corrected chi connectivity index (χ1v) is 7.83. The lowest BCUT2D eigenvalue weighted by Gasteiger charge is -2.29. The number of ether oxygens (including phenoxy) is 2. The molecule has 106 valence electrons. The fourth-order valence-electron chi connectivity index (χ4n) is 2.80. The summed E-state index contributed by atoms with van der Waals surface area (Å²) in [5.41, 5.74) is 0. The molecule has 0 aliphatic carbocycles. The van der Waals surface area contributed by atoms with Gasteiger partial charge in [0.2, 0.25) is 0 Å². The van der Waals surface area contributed by atoms with Gasteiger partial charge in [-0.15, -0.1) is 11.3 Å². The number of hydrogen-bond donors (Lipinski definition) is 0. The minimum absolute atomic E-state index is 0.224. The summed E-state index contributed by atoms with van der Waals surface area (Å²) in [5.74, 6) is 1.04. The van der Waals surface area contributed by atoms with Crippen molar-refractivity contribution in [3.8, 4) is 0 Å². The van der Waals surface area contributed by atoms with E-state index in [1.807, 2.05) is 6.07 Å². The van der Waals surface area contributed by atoms with Crippen molar-refractivity contribution in [1.29, 1.82) is 0 Å². The molecule has 1 aliphatic heterocycles. The molecule has 1 aliphatic rings. The Morgan fingerprint density at radius 3 is 2.84 bits per heavy atom. The van der Waals surface area contributed by atoms with Gasteiger partial charge in [0, 0.05) is 18.1 Å². The molecular formula is C15H22O3S. The Morgan fingerprint density at radius 2 is 2.21 bits per heavy atom. The Balaban J connectivity index is 2.13.